The molecule has 2 N–H and O–H groups in total. The Kier molecular flexibility index (Phi) is 3.16. The van der Waals surface area contributed by atoms with E-state index in [2.05, 4.69) is 20.7 Å². The number of carbonyl (C=O) groups excluding carboxylic acids is 2. The van der Waals surface area contributed by atoms with Crippen LogP contribution in [0.4, 0.5) is 0 Å². The lowest BCUT2D eigenvalue weighted by Crippen LogP contribution is -2.36. The molecule has 0 aromatic carbocycles. The molecule has 0 spiro atoms. The van der Waals surface area contributed by atoms with Gasteiger partial charge >= 0.3 is 0 Å². The van der Waals surface area contributed by atoms with Crippen LogP contribution in [0.3, 0.4) is 0 Å². The summed E-state index contributed by atoms with van der Waals surface area (Å²) in [4.78, 5) is 23.7. The average molecular weight is 197 g/mol. The zero-order valence-corrected chi connectivity index (χ0v) is 7.94. The molecule has 76 valence electrons. The molecule has 0 saturated heterocycles. The lowest BCUT2D eigenvalue weighted by molar-refractivity contribution is -0.127. The summed E-state index contributed by atoms with van der Waals surface area (Å²) >= 11 is 0. The van der Waals surface area contributed by atoms with Gasteiger partial charge in [0.05, 0.1) is 12.7 Å². The number of aromatic amines is 1. The van der Waals surface area contributed by atoms with Crippen LogP contribution >= 0.6 is 0 Å². The van der Waals surface area contributed by atoms with Crippen LogP contribution in [-0.4, -0.2) is 52.8 Å². The molecule has 0 unspecified atom stereocenters. The van der Waals surface area contributed by atoms with Crippen molar-refractivity contribution in [2.45, 2.75) is 0 Å². The van der Waals surface area contributed by atoms with Gasteiger partial charge in [-0.25, -0.2) is 0 Å². The van der Waals surface area contributed by atoms with Crippen molar-refractivity contribution in [2.24, 2.45) is 0 Å². The Bertz CT molecular complexity index is 319. The van der Waals surface area contributed by atoms with Crippen molar-refractivity contribution < 1.29 is 9.59 Å². The van der Waals surface area contributed by atoms with E-state index < -0.39 is 5.91 Å². The summed E-state index contributed by atoms with van der Waals surface area (Å²) in [5.74, 6) is -0.601. The van der Waals surface area contributed by atoms with Gasteiger partial charge in [0.25, 0.3) is 5.91 Å². The first kappa shape index (κ1) is 10.2. The van der Waals surface area contributed by atoms with Crippen LogP contribution in [0.5, 0.6) is 0 Å². The first-order valence-electron chi connectivity index (χ1n) is 3.95. The van der Waals surface area contributed by atoms with Gasteiger partial charge in [0.15, 0.2) is 5.69 Å². The maximum atomic E-state index is 11.2. The fourth-order valence-corrected chi connectivity index (χ4v) is 0.716. The van der Waals surface area contributed by atoms with Gasteiger partial charge in [0.1, 0.15) is 0 Å². The Morgan fingerprint density at radius 3 is 2.79 bits per heavy atom. The van der Waals surface area contributed by atoms with Crippen LogP contribution in [0.25, 0.3) is 0 Å². The lowest BCUT2D eigenvalue weighted by atomic mass is 10.4. The molecule has 2 amide bonds. The largest absolute Gasteiger partial charge is 0.347 e. The van der Waals surface area contributed by atoms with Crippen molar-refractivity contribution in [3.05, 3.63) is 11.9 Å². The molecule has 0 saturated carbocycles. The number of nitrogens with one attached hydrogen (secondary N) is 2. The monoisotopic (exact) mass is 197 g/mol. The number of H-pyrrole nitrogens is 1. The summed E-state index contributed by atoms with van der Waals surface area (Å²) in [5, 5.41) is 11.8. The van der Waals surface area contributed by atoms with E-state index in [9.17, 15) is 9.59 Å². The Labute approximate surface area is 80.5 Å². The van der Waals surface area contributed by atoms with E-state index in [1.807, 2.05) is 0 Å². The third-order valence-corrected chi connectivity index (χ3v) is 1.55. The number of nitrogens with zero attached hydrogens (tertiary/aromatic N) is 3. The molecule has 1 rings (SSSR count). The second kappa shape index (κ2) is 4.35. The molecule has 0 radical (unpaired) electrons. The van der Waals surface area contributed by atoms with Gasteiger partial charge in [-0.15, -0.1) is 0 Å². The van der Waals surface area contributed by atoms with Crippen molar-refractivity contribution in [3.8, 4) is 0 Å². The standard InChI is InChI=1S/C7H11N5O2/c1-12(2)6(13)4-8-7(14)5-3-9-11-10-5/h3H,4H2,1-2H3,(H,8,14)(H,9,10,11). The molecule has 0 bridgehead atoms. The first-order valence-corrected chi connectivity index (χ1v) is 3.95. The second-order valence-corrected chi connectivity index (χ2v) is 2.83. The van der Waals surface area contributed by atoms with E-state index in [0.717, 1.165) is 0 Å². The molecule has 0 atom stereocenters. The quantitative estimate of drug-likeness (QED) is 0.625. The molecule has 7 heteroatoms. The molecule has 0 aliphatic rings. The molecule has 1 heterocycles. The second-order valence-electron chi connectivity index (χ2n) is 2.83. The number of rotatable bonds is 3. The summed E-state index contributed by atoms with van der Waals surface area (Å²) in [5.41, 5.74) is 0.163. The van der Waals surface area contributed by atoms with Crippen molar-refractivity contribution in [1.29, 1.82) is 0 Å². The zero-order valence-electron chi connectivity index (χ0n) is 7.94. The third kappa shape index (κ3) is 2.54. The van der Waals surface area contributed by atoms with Crippen molar-refractivity contribution >= 4 is 11.8 Å². The highest BCUT2D eigenvalue weighted by molar-refractivity contribution is 5.94. The molecular formula is C7H11N5O2. The van der Waals surface area contributed by atoms with E-state index in [1.54, 1.807) is 14.1 Å². The van der Waals surface area contributed by atoms with E-state index in [1.165, 1.54) is 11.1 Å². The SMILES string of the molecule is CN(C)C(=O)CNC(=O)c1cn[nH]n1. The fraction of sp³-hybridized carbons (Fsp3) is 0.429. The summed E-state index contributed by atoms with van der Waals surface area (Å²) in [6, 6.07) is 0. The Hall–Kier alpha value is -1.92. The van der Waals surface area contributed by atoms with Crippen LogP contribution in [0.2, 0.25) is 0 Å². The Morgan fingerprint density at radius 2 is 2.29 bits per heavy atom. The minimum atomic E-state index is -0.422. The van der Waals surface area contributed by atoms with E-state index in [4.69, 9.17) is 0 Å². The highest BCUT2D eigenvalue weighted by Gasteiger charge is 2.10. The minimum absolute atomic E-state index is 0.0430. The Morgan fingerprint density at radius 1 is 1.57 bits per heavy atom. The van der Waals surface area contributed by atoms with Gasteiger partial charge in [-0.05, 0) is 0 Å². The predicted octanol–water partition coefficient (Wildman–Crippen LogP) is -1.38. The summed E-state index contributed by atoms with van der Waals surface area (Å²) in [7, 11) is 3.23. The molecule has 1 aromatic heterocycles. The zero-order chi connectivity index (χ0) is 10.6. The van der Waals surface area contributed by atoms with Crippen LogP contribution in [0.1, 0.15) is 10.5 Å². The van der Waals surface area contributed by atoms with E-state index >= 15 is 0 Å². The first-order chi connectivity index (χ1) is 6.61. The molecule has 0 aliphatic carbocycles. The number of hydrogen-bond acceptors (Lipinski definition) is 4. The number of likely N-dealkylation sites (N-methyl/N-ethyl adjacent to an activating group) is 1. The van der Waals surface area contributed by atoms with Crippen molar-refractivity contribution in [2.75, 3.05) is 20.6 Å². The maximum absolute atomic E-state index is 11.2. The van der Waals surface area contributed by atoms with E-state index in [0.29, 0.717) is 0 Å². The topological polar surface area (TPSA) is 91.0 Å². The Balaban J connectivity index is 2.40. The predicted molar refractivity (Wildman–Crippen MR) is 47.4 cm³/mol. The number of aromatic nitrogens is 3. The van der Waals surface area contributed by atoms with Crippen molar-refractivity contribution in [1.82, 2.24) is 25.6 Å². The van der Waals surface area contributed by atoms with Gasteiger partial charge in [0, 0.05) is 14.1 Å². The van der Waals surface area contributed by atoms with Crippen LogP contribution < -0.4 is 5.32 Å². The van der Waals surface area contributed by atoms with Gasteiger partial charge in [0.2, 0.25) is 5.91 Å². The lowest BCUT2D eigenvalue weighted by Gasteiger charge is -2.09. The van der Waals surface area contributed by atoms with Crippen LogP contribution in [0, 0.1) is 0 Å². The van der Waals surface area contributed by atoms with Crippen LogP contribution in [-0.2, 0) is 4.79 Å². The normalized spacial score (nSPS) is 9.57. The number of hydrogen-bond donors (Lipinski definition) is 2. The third-order valence-electron chi connectivity index (χ3n) is 1.55. The summed E-state index contributed by atoms with van der Waals surface area (Å²) in [6.07, 6.45) is 1.29. The molecule has 0 fully saturated rings. The highest BCUT2D eigenvalue weighted by Crippen LogP contribution is 1.87. The van der Waals surface area contributed by atoms with Gasteiger partial charge in [-0.3, -0.25) is 9.59 Å². The smallest absolute Gasteiger partial charge is 0.273 e. The average Bonchev–Trinajstić information content (AvgIpc) is 2.66. The minimum Gasteiger partial charge on any atom is -0.347 e. The van der Waals surface area contributed by atoms with Gasteiger partial charge in [-0.1, -0.05) is 0 Å². The molecular weight excluding hydrogens is 186 g/mol. The van der Waals surface area contributed by atoms with Gasteiger partial charge < -0.3 is 10.2 Å². The molecule has 14 heavy (non-hydrogen) atoms. The maximum Gasteiger partial charge on any atom is 0.273 e. The molecule has 1 aromatic rings. The van der Waals surface area contributed by atoms with E-state index in [-0.39, 0.29) is 18.1 Å². The summed E-state index contributed by atoms with van der Waals surface area (Å²) in [6.45, 7) is -0.0430. The highest BCUT2D eigenvalue weighted by atomic mass is 16.2. The molecule has 0 aliphatic heterocycles. The van der Waals surface area contributed by atoms with Crippen LogP contribution in [0.15, 0.2) is 6.20 Å². The van der Waals surface area contributed by atoms with Gasteiger partial charge in [-0.2, -0.15) is 15.4 Å². The number of amides is 2. The number of carbonyl (C=O) groups is 2. The summed E-state index contributed by atoms with van der Waals surface area (Å²) < 4.78 is 0. The molecule has 7 nitrogen and oxygen atoms in total. The van der Waals surface area contributed by atoms with Crippen molar-refractivity contribution in [3.63, 3.8) is 0 Å². The fourth-order valence-electron chi connectivity index (χ4n) is 0.716.